The molecule has 1 heterocycles. The van der Waals surface area contributed by atoms with Gasteiger partial charge in [0.1, 0.15) is 6.54 Å². The van der Waals surface area contributed by atoms with Gasteiger partial charge in [0.15, 0.2) is 11.6 Å². The van der Waals surface area contributed by atoms with Crippen LogP contribution in [0.2, 0.25) is 0 Å². The molecule has 0 aromatic carbocycles. The minimum atomic E-state index is -0.474. The molecule has 6 heteroatoms. The molecule has 0 radical (unpaired) electrons. The second kappa shape index (κ2) is 7.36. The quantitative estimate of drug-likeness (QED) is 0.771. The second-order valence-corrected chi connectivity index (χ2v) is 11.9. The first-order chi connectivity index (χ1) is 14.7. The number of aromatic nitrogens is 4. The van der Waals surface area contributed by atoms with Gasteiger partial charge in [-0.2, -0.15) is 4.80 Å². The maximum absolute atomic E-state index is 13.3. The van der Waals surface area contributed by atoms with Gasteiger partial charge in [-0.05, 0) is 118 Å². The van der Waals surface area contributed by atoms with E-state index < -0.39 is 5.60 Å². The summed E-state index contributed by atoms with van der Waals surface area (Å²) in [5.41, 5.74) is 0.0601. The molecule has 1 aromatic rings. The van der Waals surface area contributed by atoms with E-state index >= 15 is 0 Å². The zero-order valence-electron chi connectivity index (χ0n) is 19.8. The van der Waals surface area contributed by atoms with E-state index in [0.29, 0.717) is 28.9 Å². The number of aliphatic hydroxyl groups is 1. The molecule has 0 bridgehead atoms. The van der Waals surface area contributed by atoms with Gasteiger partial charge in [0, 0.05) is 5.92 Å². The number of tetrazole rings is 1. The van der Waals surface area contributed by atoms with Crippen LogP contribution in [0.15, 0.2) is 0 Å². The van der Waals surface area contributed by atoms with Crippen molar-refractivity contribution < 1.29 is 9.90 Å². The summed E-state index contributed by atoms with van der Waals surface area (Å²) in [6, 6.07) is 0. The van der Waals surface area contributed by atoms with Crippen LogP contribution in [0, 0.1) is 47.3 Å². The van der Waals surface area contributed by atoms with Gasteiger partial charge < -0.3 is 5.11 Å². The highest BCUT2D eigenvalue weighted by molar-refractivity contribution is 5.81. The Hall–Kier alpha value is -1.30. The van der Waals surface area contributed by atoms with Crippen molar-refractivity contribution in [1.82, 2.24) is 20.2 Å². The highest BCUT2D eigenvalue weighted by Gasteiger charge is 2.62. The number of Topliss-reactive ketones (excluding diaryl/α,β-unsaturated/α-hetero) is 1. The summed E-state index contributed by atoms with van der Waals surface area (Å²) in [6.45, 7) is 8.94. The van der Waals surface area contributed by atoms with Gasteiger partial charge >= 0.3 is 0 Å². The van der Waals surface area contributed by atoms with Crippen LogP contribution in [0.5, 0.6) is 0 Å². The minimum Gasteiger partial charge on any atom is -0.390 e. The lowest BCUT2D eigenvalue weighted by Gasteiger charge is -2.63. The molecular weight excluding hydrogens is 388 g/mol. The van der Waals surface area contributed by atoms with Crippen molar-refractivity contribution in [2.24, 2.45) is 40.4 Å². The van der Waals surface area contributed by atoms with E-state index in [1.165, 1.54) is 49.7 Å². The average molecular weight is 429 g/mol. The number of hydrogen-bond donors (Lipinski definition) is 1. The number of aryl methyl sites for hydroxylation is 1. The lowest BCUT2D eigenvalue weighted by molar-refractivity contribution is -0.158. The third-order valence-corrected chi connectivity index (χ3v) is 10.5. The maximum Gasteiger partial charge on any atom is 0.171 e. The number of carbonyl (C=O) groups is 1. The molecule has 0 spiro atoms. The number of hydrogen-bond acceptors (Lipinski definition) is 5. The van der Waals surface area contributed by atoms with Gasteiger partial charge in [-0.3, -0.25) is 4.79 Å². The van der Waals surface area contributed by atoms with Crippen molar-refractivity contribution in [2.75, 3.05) is 0 Å². The first-order valence-electron chi connectivity index (χ1n) is 12.7. The Kier molecular flexibility index (Phi) is 5.11. The van der Waals surface area contributed by atoms with Crippen molar-refractivity contribution in [3.05, 3.63) is 5.82 Å². The van der Waals surface area contributed by atoms with E-state index in [9.17, 15) is 9.90 Å². The van der Waals surface area contributed by atoms with E-state index in [1.807, 2.05) is 6.92 Å². The lowest BCUT2D eigenvalue weighted by atomic mass is 9.42. The monoisotopic (exact) mass is 428 g/mol. The topological polar surface area (TPSA) is 80.9 Å². The van der Waals surface area contributed by atoms with Crippen LogP contribution in [0.25, 0.3) is 0 Å². The normalized spacial score (nSPS) is 46.8. The summed E-state index contributed by atoms with van der Waals surface area (Å²) < 4.78 is 0. The molecule has 0 unspecified atom stereocenters. The number of nitrogens with zero attached hydrogens (tertiary/aromatic N) is 4. The molecule has 1 N–H and O–H groups in total. The van der Waals surface area contributed by atoms with Gasteiger partial charge in [-0.1, -0.05) is 13.8 Å². The predicted octanol–water partition coefficient (Wildman–Crippen LogP) is 4.35. The maximum atomic E-state index is 13.3. The SMILES string of the molecule is CC[C@]12CC[C@@](C)(O)C[C@@H]1CC[C@H]1[C@@H]3CC[C@H](C(=O)Cn4nnc(C)n4)[C@@]3(C)CC[C@@H]12. The van der Waals surface area contributed by atoms with Crippen LogP contribution in [0.3, 0.4) is 0 Å². The van der Waals surface area contributed by atoms with E-state index in [4.69, 9.17) is 0 Å². The van der Waals surface area contributed by atoms with Crippen LogP contribution >= 0.6 is 0 Å². The number of carbonyl (C=O) groups excluding carboxylic acids is 1. The molecular formula is C25H40N4O2. The van der Waals surface area contributed by atoms with Gasteiger partial charge in [-0.15, -0.1) is 10.2 Å². The summed E-state index contributed by atoms with van der Waals surface area (Å²) in [4.78, 5) is 14.8. The third-order valence-electron chi connectivity index (χ3n) is 10.5. The van der Waals surface area contributed by atoms with E-state index in [-0.39, 0.29) is 17.9 Å². The van der Waals surface area contributed by atoms with Gasteiger partial charge in [-0.25, -0.2) is 0 Å². The molecule has 0 aliphatic heterocycles. The lowest BCUT2D eigenvalue weighted by Crippen LogP contribution is -2.56. The molecule has 4 saturated carbocycles. The Morgan fingerprint density at radius 1 is 1.10 bits per heavy atom. The fourth-order valence-electron chi connectivity index (χ4n) is 9.11. The number of rotatable bonds is 4. The van der Waals surface area contributed by atoms with Crippen molar-refractivity contribution in [1.29, 1.82) is 0 Å². The van der Waals surface area contributed by atoms with Gasteiger partial charge in [0.05, 0.1) is 5.60 Å². The smallest absolute Gasteiger partial charge is 0.171 e. The Morgan fingerprint density at radius 3 is 2.61 bits per heavy atom. The summed E-state index contributed by atoms with van der Waals surface area (Å²) >= 11 is 0. The molecule has 172 valence electrons. The van der Waals surface area contributed by atoms with Crippen LogP contribution in [-0.4, -0.2) is 36.7 Å². The molecule has 4 aliphatic carbocycles. The molecule has 0 amide bonds. The molecule has 1 aromatic heterocycles. The Morgan fingerprint density at radius 2 is 1.90 bits per heavy atom. The highest BCUT2D eigenvalue weighted by atomic mass is 16.3. The fourth-order valence-corrected chi connectivity index (χ4v) is 9.11. The first kappa shape index (κ1) is 21.5. The van der Waals surface area contributed by atoms with E-state index in [2.05, 4.69) is 36.2 Å². The molecule has 5 rings (SSSR count). The summed E-state index contributed by atoms with van der Waals surface area (Å²) in [6.07, 6.45) is 11.6. The molecule has 4 aliphatic rings. The zero-order chi connectivity index (χ0) is 22.0. The van der Waals surface area contributed by atoms with Gasteiger partial charge in [0.25, 0.3) is 0 Å². The van der Waals surface area contributed by atoms with Crippen LogP contribution < -0.4 is 0 Å². The minimum absolute atomic E-state index is 0.121. The molecule has 8 atom stereocenters. The largest absolute Gasteiger partial charge is 0.390 e. The van der Waals surface area contributed by atoms with Gasteiger partial charge in [0.2, 0.25) is 0 Å². The number of ketones is 1. The molecule has 6 nitrogen and oxygen atoms in total. The Labute approximate surface area is 186 Å². The van der Waals surface area contributed by atoms with Crippen LogP contribution in [0.4, 0.5) is 0 Å². The summed E-state index contributed by atoms with van der Waals surface area (Å²) in [5, 5.41) is 23.0. The van der Waals surface area contributed by atoms with Crippen molar-refractivity contribution in [3.63, 3.8) is 0 Å². The van der Waals surface area contributed by atoms with Crippen molar-refractivity contribution in [2.45, 2.75) is 104 Å². The standard InChI is InChI=1S/C25H40N4O2/c1-5-25-13-12-23(3,31)14-17(25)6-7-18-19-8-9-21(24(19,4)11-10-20(18)25)22(30)15-29-27-16(2)26-28-29/h17-21,31H,5-15H2,1-4H3/t17-,18-,19-,20-,21+,23+,24-,25-/m0/s1. The Bertz CT molecular complexity index is 850. The molecule has 4 fully saturated rings. The third kappa shape index (κ3) is 3.30. The number of fused-ring (bicyclic) bond motifs is 5. The molecule has 31 heavy (non-hydrogen) atoms. The van der Waals surface area contributed by atoms with Crippen molar-refractivity contribution >= 4 is 5.78 Å². The predicted molar refractivity (Wildman–Crippen MR) is 118 cm³/mol. The van der Waals surface area contributed by atoms with Crippen LogP contribution in [0.1, 0.15) is 90.8 Å². The molecule has 0 saturated heterocycles. The van der Waals surface area contributed by atoms with E-state index in [0.717, 1.165) is 31.1 Å². The second-order valence-electron chi connectivity index (χ2n) is 11.9. The van der Waals surface area contributed by atoms with Crippen molar-refractivity contribution in [3.8, 4) is 0 Å². The fraction of sp³-hybridized carbons (Fsp3) is 0.920. The summed E-state index contributed by atoms with van der Waals surface area (Å²) in [5.74, 6) is 3.92. The summed E-state index contributed by atoms with van der Waals surface area (Å²) in [7, 11) is 0. The average Bonchev–Trinajstić information content (AvgIpc) is 3.29. The van der Waals surface area contributed by atoms with E-state index in [1.54, 1.807) is 0 Å². The Balaban J connectivity index is 1.36. The zero-order valence-corrected chi connectivity index (χ0v) is 19.8. The van der Waals surface area contributed by atoms with Crippen LogP contribution in [-0.2, 0) is 11.3 Å². The highest BCUT2D eigenvalue weighted by Crippen LogP contribution is 2.69. The first-order valence-corrected chi connectivity index (χ1v) is 12.7.